The van der Waals surface area contributed by atoms with E-state index in [0.717, 1.165) is 36.7 Å². The molecule has 0 bridgehead atoms. The predicted octanol–water partition coefficient (Wildman–Crippen LogP) is 2.47. The summed E-state index contributed by atoms with van der Waals surface area (Å²) in [5.74, 6) is 0. The number of nitriles is 1. The van der Waals surface area contributed by atoms with Gasteiger partial charge in [-0.1, -0.05) is 31.2 Å². The first-order valence-corrected chi connectivity index (χ1v) is 6.63. The topological polar surface area (TPSA) is 60.6 Å². The van der Waals surface area contributed by atoms with E-state index in [4.69, 9.17) is 10.5 Å². The molecule has 0 amide bonds. The summed E-state index contributed by atoms with van der Waals surface area (Å²) in [5, 5.41) is 17.6. The third kappa shape index (κ3) is 5.09. The van der Waals surface area contributed by atoms with Crippen molar-refractivity contribution in [1.82, 2.24) is 0 Å². The Morgan fingerprint density at radius 3 is 2.89 bits per heavy atom. The first-order chi connectivity index (χ1) is 9.33. The Hall–Kier alpha value is -1.89. The maximum Gasteiger partial charge on any atom is 0.125 e. The highest BCUT2D eigenvalue weighted by Crippen LogP contribution is 2.17. The Morgan fingerprint density at radius 1 is 1.37 bits per heavy atom. The van der Waals surface area contributed by atoms with Crippen molar-refractivity contribution in [2.45, 2.75) is 32.6 Å². The van der Waals surface area contributed by atoms with Crippen LogP contribution >= 0.6 is 0 Å². The van der Waals surface area contributed by atoms with E-state index >= 15 is 0 Å². The molecule has 3 N–H and O–H groups in total. The molecule has 0 unspecified atom stereocenters. The van der Waals surface area contributed by atoms with Crippen LogP contribution in [-0.4, -0.2) is 5.21 Å². The zero-order valence-corrected chi connectivity index (χ0v) is 11.3. The third-order valence-electron chi connectivity index (χ3n) is 3.02. The van der Waals surface area contributed by atoms with Crippen molar-refractivity contribution in [2.75, 3.05) is 0 Å². The van der Waals surface area contributed by atoms with E-state index in [2.05, 4.69) is 25.1 Å². The average molecular weight is 257 g/mol. The molecular weight excluding hydrogens is 236 g/mol. The SMILES string of the molecule is CCc1cccc(C#N)c1CCC/C=C\C=C/[NH2+]O. The van der Waals surface area contributed by atoms with Gasteiger partial charge >= 0.3 is 0 Å². The Balaban J connectivity index is 2.56. The number of nitrogens with two attached hydrogens (primary N) is 1. The summed E-state index contributed by atoms with van der Waals surface area (Å²) in [6.07, 6.45) is 11.3. The first-order valence-electron chi connectivity index (χ1n) is 6.63. The minimum atomic E-state index is 0.804. The minimum absolute atomic E-state index is 0.804. The maximum absolute atomic E-state index is 9.14. The molecule has 1 rings (SSSR count). The number of benzene rings is 1. The Labute approximate surface area is 114 Å². The lowest BCUT2D eigenvalue weighted by Crippen LogP contribution is -2.73. The van der Waals surface area contributed by atoms with Crippen LogP contribution in [-0.2, 0) is 12.8 Å². The summed E-state index contributed by atoms with van der Waals surface area (Å²) in [7, 11) is 0. The molecule has 0 aliphatic heterocycles. The number of unbranched alkanes of at least 4 members (excludes halogenated alkanes) is 1. The zero-order chi connectivity index (χ0) is 13.9. The highest BCUT2D eigenvalue weighted by Gasteiger charge is 2.05. The standard InChI is InChI=1S/C16H20N2O/c1-2-14-9-8-10-15(13-17)16(14)11-6-4-3-5-7-12-18-19/h3,5,7-10,12,18-19H,2,4,6,11H2,1H3/p+1/b5-3-,12-7-. The molecule has 1 aromatic carbocycles. The molecule has 0 aliphatic carbocycles. The molecule has 0 atom stereocenters. The quantitative estimate of drug-likeness (QED) is 0.448. The van der Waals surface area contributed by atoms with E-state index in [1.807, 2.05) is 18.2 Å². The molecule has 0 heterocycles. The van der Waals surface area contributed by atoms with Gasteiger partial charge in [0.05, 0.1) is 11.6 Å². The molecule has 0 fully saturated rings. The molecule has 0 spiro atoms. The summed E-state index contributed by atoms with van der Waals surface area (Å²) < 4.78 is 0. The molecule has 100 valence electrons. The highest BCUT2D eigenvalue weighted by molar-refractivity contribution is 5.43. The van der Waals surface area contributed by atoms with Gasteiger partial charge in [0.25, 0.3) is 0 Å². The lowest BCUT2D eigenvalue weighted by atomic mass is 9.95. The van der Waals surface area contributed by atoms with Crippen LogP contribution in [0.3, 0.4) is 0 Å². The van der Waals surface area contributed by atoms with E-state index < -0.39 is 0 Å². The molecular formula is C16H21N2O+. The van der Waals surface area contributed by atoms with E-state index in [0.29, 0.717) is 0 Å². The van der Waals surface area contributed by atoms with E-state index in [1.54, 1.807) is 12.3 Å². The molecule has 0 saturated heterocycles. The molecule has 1 aromatic rings. The van der Waals surface area contributed by atoms with E-state index in [1.165, 1.54) is 11.1 Å². The van der Waals surface area contributed by atoms with Crippen LogP contribution in [0.1, 0.15) is 36.5 Å². The highest BCUT2D eigenvalue weighted by atomic mass is 16.5. The molecule has 0 aromatic heterocycles. The molecule has 0 radical (unpaired) electrons. The van der Waals surface area contributed by atoms with E-state index in [9.17, 15) is 0 Å². The Kier molecular flexibility index (Phi) is 7.26. The van der Waals surface area contributed by atoms with Crippen LogP contribution in [0.4, 0.5) is 0 Å². The number of allylic oxidation sites excluding steroid dienone is 3. The lowest BCUT2D eigenvalue weighted by molar-refractivity contribution is -0.838. The van der Waals surface area contributed by atoms with Gasteiger partial charge in [0.1, 0.15) is 6.20 Å². The number of nitrogens with zero attached hydrogens (tertiary/aromatic N) is 1. The second kappa shape index (κ2) is 9.09. The van der Waals surface area contributed by atoms with Crippen LogP contribution in [0.5, 0.6) is 0 Å². The van der Waals surface area contributed by atoms with Gasteiger partial charge in [0.15, 0.2) is 0 Å². The van der Waals surface area contributed by atoms with Gasteiger partial charge in [-0.2, -0.15) is 10.7 Å². The smallest absolute Gasteiger partial charge is 0.125 e. The van der Waals surface area contributed by atoms with Gasteiger partial charge in [0.2, 0.25) is 0 Å². The molecule has 0 saturated carbocycles. The zero-order valence-electron chi connectivity index (χ0n) is 11.3. The number of hydroxylamine groups is 1. The molecule has 3 heteroatoms. The number of hydrogen-bond acceptors (Lipinski definition) is 2. The van der Waals surface area contributed by atoms with E-state index in [-0.39, 0.29) is 0 Å². The van der Waals surface area contributed by atoms with Crippen molar-refractivity contribution in [3.63, 3.8) is 0 Å². The minimum Gasteiger partial charge on any atom is -0.216 e. The van der Waals surface area contributed by atoms with Crippen molar-refractivity contribution in [1.29, 1.82) is 5.26 Å². The fourth-order valence-corrected chi connectivity index (χ4v) is 2.05. The fraction of sp³-hybridized carbons (Fsp3) is 0.312. The fourth-order valence-electron chi connectivity index (χ4n) is 2.05. The number of rotatable bonds is 7. The van der Waals surface area contributed by atoms with Crippen LogP contribution in [0.15, 0.2) is 42.6 Å². The van der Waals surface area contributed by atoms with Crippen molar-refractivity contribution in [2.24, 2.45) is 0 Å². The van der Waals surface area contributed by atoms with Gasteiger partial charge in [-0.15, -0.1) is 0 Å². The number of quaternary nitrogens is 1. The first kappa shape index (κ1) is 15.2. The number of aryl methyl sites for hydroxylation is 1. The van der Waals surface area contributed by atoms with Gasteiger partial charge < -0.3 is 0 Å². The van der Waals surface area contributed by atoms with Crippen LogP contribution < -0.4 is 5.48 Å². The summed E-state index contributed by atoms with van der Waals surface area (Å²) in [5.41, 5.74) is 4.29. The second-order valence-electron chi connectivity index (χ2n) is 4.26. The maximum atomic E-state index is 9.14. The summed E-state index contributed by atoms with van der Waals surface area (Å²) in [6.45, 7) is 2.12. The van der Waals surface area contributed by atoms with Crippen LogP contribution in [0.2, 0.25) is 0 Å². The predicted molar refractivity (Wildman–Crippen MR) is 75.5 cm³/mol. The molecule has 0 aliphatic rings. The Bertz CT molecular complexity index is 484. The third-order valence-corrected chi connectivity index (χ3v) is 3.02. The van der Waals surface area contributed by atoms with Crippen LogP contribution in [0, 0.1) is 11.3 Å². The van der Waals surface area contributed by atoms with Crippen LogP contribution in [0.25, 0.3) is 0 Å². The summed E-state index contributed by atoms with van der Waals surface area (Å²) in [6, 6.07) is 8.23. The molecule has 19 heavy (non-hydrogen) atoms. The van der Waals surface area contributed by atoms with Crippen molar-refractivity contribution >= 4 is 0 Å². The van der Waals surface area contributed by atoms with Gasteiger partial charge in [-0.05, 0) is 49.0 Å². The van der Waals surface area contributed by atoms with Gasteiger partial charge in [-0.3, -0.25) is 0 Å². The van der Waals surface area contributed by atoms with Gasteiger partial charge in [0, 0.05) is 0 Å². The van der Waals surface area contributed by atoms with Gasteiger partial charge in [-0.25, -0.2) is 5.21 Å². The lowest BCUT2D eigenvalue weighted by Gasteiger charge is -2.08. The largest absolute Gasteiger partial charge is 0.216 e. The Morgan fingerprint density at radius 2 is 2.21 bits per heavy atom. The molecule has 3 nitrogen and oxygen atoms in total. The second-order valence-corrected chi connectivity index (χ2v) is 4.26. The summed E-state index contributed by atoms with van der Waals surface area (Å²) in [4.78, 5) is 0. The van der Waals surface area contributed by atoms with Crippen molar-refractivity contribution in [3.8, 4) is 6.07 Å². The number of hydrogen-bond donors (Lipinski definition) is 2. The monoisotopic (exact) mass is 257 g/mol. The average Bonchev–Trinajstić information content (AvgIpc) is 2.46. The normalized spacial score (nSPS) is 11.2. The van der Waals surface area contributed by atoms with Crippen molar-refractivity contribution in [3.05, 3.63) is 59.3 Å². The summed E-state index contributed by atoms with van der Waals surface area (Å²) >= 11 is 0. The van der Waals surface area contributed by atoms with Crippen molar-refractivity contribution < 1.29 is 10.7 Å².